The van der Waals surface area contributed by atoms with Gasteiger partial charge >= 0.3 is 0 Å². The van der Waals surface area contributed by atoms with Crippen LogP contribution in [0.3, 0.4) is 0 Å². The molecule has 4 saturated carbocycles. The number of non-ortho nitro benzene ring substituents is 1. The minimum absolute atomic E-state index is 0.0667. The van der Waals surface area contributed by atoms with Crippen molar-refractivity contribution < 1.29 is 14.5 Å². The Balaban J connectivity index is 1.42. The largest absolute Gasteiger partial charge is 0.479 e. The first kappa shape index (κ1) is 17.6. The van der Waals surface area contributed by atoms with Gasteiger partial charge in [0.05, 0.1) is 9.95 Å². The standard InChI is InChI=1S/C19H23ClN2O4/c1-11(26-17-3-2-15(22(24)25)7-16(17)20)18(23)21-19-8-12-4-13(9-19)6-14(5-12)10-19/h2-3,7,11-14H,4-6,8-10H2,1H3,(H,21,23). The Hall–Kier alpha value is -1.82. The van der Waals surface area contributed by atoms with E-state index in [0.29, 0.717) is 0 Å². The molecule has 4 aliphatic rings. The number of ether oxygens (including phenoxy) is 1. The molecule has 0 radical (unpaired) electrons. The number of amides is 1. The van der Waals surface area contributed by atoms with Gasteiger partial charge in [0.1, 0.15) is 5.75 Å². The molecule has 6 nitrogen and oxygen atoms in total. The summed E-state index contributed by atoms with van der Waals surface area (Å²) in [6.45, 7) is 1.69. The van der Waals surface area contributed by atoms with Gasteiger partial charge in [-0.05, 0) is 69.3 Å². The lowest BCUT2D eigenvalue weighted by Gasteiger charge is -2.57. The van der Waals surface area contributed by atoms with Gasteiger partial charge in [0.25, 0.3) is 11.6 Å². The van der Waals surface area contributed by atoms with E-state index in [-0.39, 0.29) is 27.9 Å². The molecular weight excluding hydrogens is 356 g/mol. The highest BCUT2D eigenvalue weighted by atomic mass is 35.5. The van der Waals surface area contributed by atoms with Gasteiger partial charge in [0, 0.05) is 17.7 Å². The van der Waals surface area contributed by atoms with E-state index in [0.717, 1.165) is 37.0 Å². The van der Waals surface area contributed by atoms with Crippen LogP contribution in [0.4, 0.5) is 5.69 Å². The molecule has 4 fully saturated rings. The quantitative estimate of drug-likeness (QED) is 0.617. The van der Waals surface area contributed by atoms with Gasteiger partial charge in [0.15, 0.2) is 6.10 Å². The maximum Gasteiger partial charge on any atom is 0.271 e. The minimum Gasteiger partial charge on any atom is -0.479 e. The van der Waals surface area contributed by atoms with Crippen LogP contribution in [0.25, 0.3) is 0 Å². The van der Waals surface area contributed by atoms with Crippen molar-refractivity contribution >= 4 is 23.2 Å². The lowest BCUT2D eigenvalue weighted by atomic mass is 9.53. The van der Waals surface area contributed by atoms with Gasteiger partial charge in [-0.1, -0.05) is 11.6 Å². The van der Waals surface area contributed by atoms with Gasteiger partial charge in [-0.15, -0.1) is 0 Å². The van der Waals surface area contributed by atoms with Crippen molar-refractivity contribution in [3.05, 3.63) is 33.3 Å². The number of hydrogen-bond donors (Lipinski definition) is 1. The molecule has 0 aliphatic heterocycles. The smallest absolute Gasteiger partial charge is 0.271 e. The van der Waals surface area contributed by atoms with Crippen molar-refractivity contribution in [3.8, 4) is 5.75 Å². The highest BCUT2D eigenvalue weighted by Gasteiger charge is 2.51. The van der Waals surface area contributed by atoms with Gasteiger partial charge in [0.2, 0.25) is 0 Å². The van der Waals surface area contributed by atoms with Crippen molar-refractivity contribution in [1.82, 2.24) is 5.32 Å². The van der Waals surface area contributed by atoms with Crippen LogP contribution in [0, 0.1) is 27.9 Å². The van der Waals surface area contributed by atoms with E-state index in [1.54, 1.807) is 6.92 Å². The number of nitrogens with zero attached hydrogens (tertiary/aromatic N) is 1. The number of nitrogens with one attached hydrogen (secondary N) is 1. The minimum atomic E-state index is -0.707. The summed E-state index contributed by atoms with van der Waals surface area (Å²) in [4.78, 5) is 23.0. The normalized spacial score (nSPS) is 32.9. The Morgan fingerprint density at radius 3 is 2.35 bits per heavy atom. The number of hydrogen-bond acceptors (Lipinski definition) is 4. The second-order valence-electron chi connectivity index (χ2n) is 8.32. The van der Waals surface area contributed by atoms with Gasteiger partial charge in [-0.25, -0.2) is 0 Å². The van der Waals surface area contributed by atoms with Gasteiger partial charge in [-0.3, -0.25) is 14.9 Å². The Morgan fingerprint density at radius 2 is 1.85 bits per heavy atom. The Kier molecular flexibility index (Phi) is 4.34. The van der Waals surface area contributed by atoms with Crippen LogP contribution in [-0.4, -0.2) is 22.5 Å². The predicted octanol–water partition coefficient (Wildman–Crippen LogP) is 4.10. The van der Waals surface area contributed by atoms with E-state index in [4.69, 9.17) is 16.3 Å². The van der Waals surface area contributed by atoms with Crippen LogP contribution in [0.2, 0.25) is 5.02 Å². The van der Waals surface area contributed by atoms with E-state index in [9.17, 15) is 14.9 Å². The van der Waals surface area contributed by atoms with Crippen molar-refractivity contribution in [2.24, 2.45) is 17.8 Å². The number of nitro groups is 1. The van der Waals surface area contributed by atoms with Crippen molar-refractivity contribution in [3.63, 3.8) is 0 Å². The zero-order chi connectivity index (χ0) is 18.5. The number of nitro benzene ring substituents is 1. The summed E-state index contributed by atoms with van der Waals surface area (Å²) in [7, 11) is 0. The Labute approximate surface area is 157 Å². The molecule has 1 unspecified atom stereocenters. The molecule has 0 spiro atoms. The lowest BCUT2D eigenvalue weighted by Crippen LogP contribution is -2.61. The predicted molar refractivity (Wildman–Crippen MR) is 97.2 cm³/mol. The fourth-order valence-electron chi connectivity index (χ4n) is 5.57. The maximum atomic E-state index is 12.7. The average molecular weight is 379 g/mol. The molecule has 1 aromatic rings. The summed E-state index contributed by atoms with van der Waals surface area (Å²) in [6.07, 6.45) is 6.49. The number of carbonyl (C=O) groups excluding carboxylic acids is 1. The van der Waals surface area contributed by atoms with Crippen molar-refractivity contribution in [2.75, 3.05) is 0 Å². The zero-order valence-corrected chi connectivity index (χ0v) is 15.5. The first-order valence-electron chi connectivity index (χ1n) is 9.26. The SMILES string of the molecule is CC(Oc1ccc([N+](=O)[O-])cc1Cl)C(=O)NC12CC3CC(CC(C3)C1)C2. The van der Waals surface area contributed by atoms with E-state index in [1.165, 1.54) is 37.5 Å². The molecule has 4 bridgehead atoms. The fraction of sp³-hybridized carbons (Fsp3) is 0.632. The molecule has 0 saturated heterocycles. The second-order valence-corrected chi connectivity index (χ2v) is 8.73. The van der Waals surface area contributed by atoms with Crippen LogP contribution < -0.4 is 10.1 Å². The molecule has 1 aromatic carbocycles. The first-order chi connectivity index (χ1) is 12.3. The van der Waals surface area contributed by atoms with Crippen LogP contribution in [-0.2, 0) is 4.79 Å². The Morgan fingerprint density at radius 1 is 1.27 bits per heavy atom. The molecule has 1 N–H and O–H groups in total. The van der Waals surface area contributed by atoms with Crippen LogP contribution >= 0.6 is 11.6 Å². The Bertz CT molecular complexity index is 716. The van der Waals surface area contributed by atoms with Gasteiger partial charge < -0.3 is 10.1 Å². The molecule has 0 aromatic heterocycles. The second kappa shape index (κ2) is 6.41. The molecule has 0 heterocycles. The maximum absolute atomic E-state index is 12.7. The molecule has 5 rings (SSSR count). The monoisotopic (exact) mass is 378 g/mol. The number of halogens is 1. The average Bonchev–Trinajstić information content (AvgIpc) is 2.54. The first-order valence-corrected chi connectivity index (χ1v) is 9.64. The molecule has 1 amide bonds. The third kappa shape index (κ3) is 3.27. The summed E-state index contributed by atoms with van der Waals surface area (Å²) in [6, 6.07) is 4.00. The number of rotatable bonds is 5. The van der Waals surface area contributed by atoms with Crippen molar-refractivity contribution in [2.45, 2.75) is 57.1 Å². The third-order valence-electron chi connectivity index (χ3n) is 6.23. The molecule has 1 atom stereocenters. The van der Waals surface area contributed by atoms with Crippen LogP contribution in [0.15, 0.2) is 18.2 Å². The van der Waals surface area contributed by atoms with Crippen LogP contribution in [0.5, 0.6) is 5.75 Å². The van der Waals surface area contributed by atoms with Crippen LogP contribution in [0.1, 0.15) is 45.4 Å². The van der Waals surface area contributed by atoms with E-state index >= 15 is 0 Å². The number of benzene rings is 1. The summed E-state index contributed by atoms with van der Waals surface area (Å²) >= 11 is 6.06. The highest BCUT2D eigenvalue weighted by molar-refractivity contribution is 6.32. The summed E-state index contributed by atoms with van der Waals surface area (Å²) in [5.74, 6) is 2.40. The lowest BCUT2D eigenvalue weighted by molar-refractivity contribution is -0.384. The summed E-state index contributed by atoms with van der Waals surface area (Å²) in [5.41, 5.74) is -0.170. The topological polar surface area (TPSA) is 81.5 Å². The summed E-state index contributed by atoms with van der Waals surface area (Å²) < 4.78 is 5.69. The summed E-state index contributed by atoms with van der Waals surface area (Å²) in [5, 5.41) is 14.2. The number of carbonyl (C=O) groups is 1. The molecule has 140 valence electrons. The van der Waals surface area contributed by atoms with Crippen molar-refractivity contribution in [1.29, 1.82) is 0 Å². The third-order valence-corrected chi connectivity index (χ3v) is 6.52. The zero-order valence-electron chi connectivity index (χ0n) is 14.7. The van der Waals surface area contributed by atoms with E-state index < -0.39 is 11.0 Å². The fourth-order valence-corrected chi connectivity index (χ4v) is 5.79. The van der Waals surface area contributed by atoms with E-state index in [2.05, 4.69) is 5.32 Å². The van der Waals surface area contributed by atoms with E-state index in [1.807, 2.05) is 0 Å². The molecular formula is C19H23ClN2O4. The molecule has 26 heavy (non-hydrogen) atoms. The highest BCUT2D eigenvalue weighted by Crippen LogP contribution is 2.55. The molecule has 4 aliphatic carbocycles. The van der Waals surface area contributed by atoms with Gasteiger partial charge in [-0.2, -0.15) is 0 Å². The molecule has 7 heteroatoms.